The summed E-state index contributed by atoms with van der Waals surface area (Å²) in [4.78, 5) is 15.6. The molecule has 0 unspecified atom stereocenters. The number of carbonyl (C=O) groups is 1. The zero-order valence-corrected chi connectivity index (χ0v) is 10.9. The van der Waals surface area contributed by atoms with Gasteiger partial charge in [0.25, 0.3) is 6.01 Å². The van der Waals surface area contributed by atoms with Crippen molar-refractivity contribution in [2.24, 2.45) is 0 Å². The van der Waals surface area contributed by atoms with Crippen molar-refractivity contribution >= 4 is 28.7 Å². The molecule has 102 valence electrons. The number of anilines is 2. The number of nitrogens with zero attached hydrogens (tertiary/aromatic N) is 1. The summed E-state index contributed by atoms with van der Waals surface area (Å²) in [6, 6.07) is 5.69. The molecule has 1 aromatic heterocycles. The number of benzene rings is 1. The van der Waals surface area contributed by atoms with Crippen LogP contribution in [0.5, 0.6) is 0 Å². The number of hydrogen-bond acceptors (Lipinski definition) is 5. The van der Waals surface area contributed by atoms with Crippen molar-refractivity contribution in [2.75, 3.05) is 24.1 Å². The van der Waals surface area contributed by atoms with Crippen LogP contribution < -0.4 is 16.4 Å². The molecule has 0 aliphatic rings. The zero-order chi connectivity index (χ0) is 13.7. The molecule has 19 heavy (non-hydrogen) atoms. The average molecular weight is 262 g/mol. The molecule has 2 rings (SSSR count). The van der Waals surface area contributed by atoms with Crippen molar-refractivity contribution in [1.82, 2.24) is 10.3 Å². The molecule has 0 saturated carbocycles. The van der Waals surface area contributed by atoms with E-state index in [4.69, 9.17) is 10.2 Å². The van der Waals surface area contributed by atoms with Crippen molar-refractivity contribution in [3.63, 3.8) is 0 Å². The minimum atomic E-state index is 0.0229. The minimum Gasteiger partial charge on any atom is -0.424 e. The molecular weight excluding hydrogens is 244 g/mol. The molecule has 0 bridgehead atoms. The van der Waals surface area contributed by atoms with Crippen molar-refractivity contribution < 1.29 is 9.21 Å². The van der Waals surface area contributed by atoms with Crippen LogP contribution in [0.25, 0.3) is 11.1 Å². The molecule has 4 N–H and O–H groups in total. The number of fused-ring (bicyclic) bond motifs is 1. The number of hydrogen-bond donors (Lipinski definition) is 3. The first-order valence-corrected chi connectivity index (χ1v) is 6.35. The third-order valence-electron chi connectivity index (χ3n) is 2.61. The van der Waals surface area contributed by atoms with Crippen LogP contribution in [0.3, 0.4) is 0 Å². The van der Waals surface area contributed by atoms with E-state index in [0.29, 0.717) is 42.3 Å². The van der Waals surface area contributed by atoms with Gasteiger partial charge < -0.3 is 20.8 Å². The lowest BCUT2D eigenvalue weighted by Gasteiger charge is -2.03. The molecule has 0 fully saturated rings. The van der Waals surface area contributed by atoms with Crippen molar-refractivity contribution in [3.05, 3.63) is 18.2 Å². The van der Waals surface area contributed by atoms with E-state index in [-0.39, 0.29) is 5.91 Å². The lowest BCUT2D eigenvalue weighted by Crippen LogP contribution is -2.25. The average Bonchev–Trinajstić information content (AvgIpc) is 2.78. The second-order valence-electron chi connectivity index (χ2n) is 4.27. The Morgan fingerprint density at radius 2 is 2.26 bits per heavy atom. The summed E-state index contributed by atoms with van der Waals surface area (Å²) < 4.78 is 5.48. The number of oxazole rings is 1. The number of rotatable bonds is 6. The first-order chi connectivity index (χ1) is 9.19. The number of nitrogen functional groups attached to an aromatic ring is 1. The van der Waals surface area contributed by atoms with Crippen molar-refractivity contribution in [2.45, 2.75) is 19.8 Å². The Balaban J connectivity index is 1.86. The van der Waals surface area contributed by atoms with Crippen LogP contribution in [-0.2, 0) is 4.79 Å². The summed E-state index contributed by atoms with van der Waals surface area (Å²) in [6.07, 6.45) is 1.33. The van der Waals surface area contributed by atoms with Crippen molar-refractivity contribution in [1.29, 1.82) is 0 Å². The van der Waals surface area contributed by atoms with E-state index in [0.717, 1.165) is 6.42 Å². The van der Waals surface area contributed by atoms with E-state index in [9.17, 15) is 4.79 Å². The Bertz CT molecular complexity index is 565. The highest BCUT2D eigenvalue weighted by Crippen LogP contribution is 2.20. The van der Waals surface area contributed by atoms with Gasteiger partial charge in [-0.2, -0.15) is 4.98 Å². The second-order valence-corrected chi connectivity index (χ2v) is 4.27. The molecule has 0 atom stereocenters. The van der Waals surface area contributed by atoms with Crippen LogP contribution >= 0.6 is 0 Å². The molecule has 0 aliphatic heterocycles. The molecule has 0 saturated heterocycles. The predicted octanol–water partition coefficient (Wildman–Crippen LogP) is 1.74. The quantitative estimate of drug-likeness (QED) is 0.689. The largest absolute Gasteiger partial charge is 0.424 e. The minimum absolute atomic E-state index is 0.0229. The lowest BCUT2D eigenvalue weighted by molar-refractivity contribution is -0.120. The maximum Gasteiger partial charge on any atom is 0.295 e. The number of nitrogens with one attached hydrogen (secondary N) is 2. The van der Waals surface area contributed by atoms with E-state index in [1.54, 1.807) is 18.2 Å². The lowest BCUT2D eigenvalue weighted by atomic mass is 10.3. The normalized spacial score (nSPS) is 10.6. The van der Waals surface area contributed by atoms with E-state index >= 15 is 0 Å². The van der Waals surface area contributed by atoms with Gasteiger partial charge >= 0.3 is 0 Å². The summed E-state index contributed by atoms with van der Waals surface area (Å²) in [7, 11) is 0. The zero-order valence-electron chi connectivity index (χ0n) is 10.9. The molecule has 0 aliphatic carbocycles. The second kappa shape index (κ2) is 6.08. The molecular formula is C13H18N4O2. The first-order valence-electron chi connectivity index (χ1n) is 6.35. The molecule has 0 spiro atoms. The van der Waals surface area contributed by atoms with Gasteiger partial charge in [-0.3, -0.25) is 4.79 Å². The molecule has 1 aromatic carbocycles. The summed E-state index contributed by atoms with van der Waals surface area (Å²) >= 11 is 0. The SMILES string of the molecule is CCCNC(=O)CCNc1nc2cc(N)ccc2o1. The summed E-state index contributed by atoms with van der Waals surface area (Å²) in [6.45, 7) is 3.21. The maximum atomic E-state index is 11.4. The van der Waals surface area contributed by atoms with E-state index in [2.05, 4.69) is 15.6 Å². The molecule has 2 aromatic rings. The van der Waals surface area contributed by atoms with Gasteiger partial charge in [0.15, 0.2) is 5.58 Å². The Labute approximate surface area is 111 Å². The molecule has 6 nitrogen and oxygen atoms in total. The number of nitrogens with two attached hydrogens (primary N) is 1. The number of aromatic nitrogens is 1. The van der Waals surface area contributed by atoms with Gasteiger partial charge in [0.2, 0.25) is 5.91 Å². The van der Waals surface area contributed by atoms with Crippen LogP contribution in [0.1, 0.15) is 19.8 Å². The van der Waals surface area contributed by atoms with Gasteiger partial charge in [-0.25, -0.2) is 0 Å². The topological polar surface area (TPSA) is 93.2 Å². The fourth-order valence-electron chi connectivity index (χ4n) is 1.66. The van der Waals surface area contributed by atoms with Gasteiger partial charge in [-0.05, 0) is 24.6 Å². The van der Waals surface area contributed by atoms with Gasteiger partial charge in [0.05, 0.1) is 0 Å². The Morgan fingerprint density at radius 1 is 1.42 bits per heavy atom. The third-order valence-corrected chi connectivity index (χ3v) is 2.61. The van der Waals surface area contributed by atoms with Crippen LogP contribution in [0.4, 0.5) is 11.7 Å². The van der Waals surface area contributed by atoms with Gasteiger partial charge in [-0.15, -0.1) is 0 Å². The Hall–Kier alpha value is -2.24. The third kappa shape index (κ3) is 3.61. The standard InChI is InChI=1S/C13H18N4O2/c1-2-6-15-12(18)5-7-16-13-17-10-8-9(14)3-4-11(10)19-13/h3-4,8H,2,5-7,14H2,1H3,(H,15,18)(H,16,17). The summed E-state index contributed by atoms with van der Waals surface area (Å²) in [5.74, 6) is 0.0229. The Morgan fingerprint density at radius 3 is 3.05 bits per heavy atom. The Kier molecular flexibility index (Phi) is 4.22. The van der Waals surface area contributed by atoms with Gasteiger partial charge in [0.1, 0.15) is 5.52 Å². The van der Waals surface area contributed by atoms with E-state index in [1.807, 2.05) is 6.92 Å². The molecule has 6 heteroatoms. The molecule has 0 radical (unpaired) electrons. The number of amides is 1. The highest BCUT2D eigenvalue weighted by molar-refractivity contribution is 5.78. The first kappa shape index (κ1) is 13.2. The van der Waals surface area contributed by atoms with E-state index in [1.165, 1.54) is 0 Å². The van der Waals surface area contributed by atoms with Gasteiger partial charge in [-0.1, -0.05) is 6.92 Å². The van der Waals surface area contributed by atoms with Crippen LogP contribution in [0.2, 0.25) is 0 Å². The van der Waals surface area contributed by atoms with Crippen LogP contribution in [0, 0.1) is 0 Å². The fraction of sp³-hybridized carbons (Fsp3) is 0.385. The van der Waals surface area contributed by atoms with Crippen LogP contribution in [0.15, 0.2) is 22.6 Å². The van der Waals surface area contributed by atoms with Gasteiger partial charge in [0, 0.05) is 25.2 Å². The predicted molar refractivity (Wildman–Crippen MR) is 74.8 cm³/mol. The smallest absolute Gasteiger partial charge is 0.295 e. The molecule has 1 heterocycles. The van der Waals surface area contributed by atoms with E-state index < -0.39 is 0 Å². The highest BCUT2D eigenvalue weighted by Gasteiger charge is 2.06. The summed E-state index contributed by atoms with van der Waals surface area (Å²) in [5, 5.41) is 5.79. The van der Waals surface area contributed by atoms with Crippen LogP contribution in [-0.4, -0.2) is 24.0 Å². The fourth-order valence-corrected chi connectivity index (χ4v) is 1.66. The van der Waals surface area contributed by atoms with Crippen molar-refractivity contribution in [3.8, 4) is 0 Å². The molecule has 1 amide bonds. The monoisotopic (exact) mass is 262 g/mol. The maximum absolute atomic E-state index is 11.4. The number of carbonyl (C=O) groups excluding carboxylic acids is 1. The summed E-state index contributed by atoms with van der Waals surface area (Å²) in [5.41, 5.74) is 7.69. The highest BCUT2D eigenvalue weighted by atomic mass is 16.4.